The summed E-state index contributed by atoms with van der Waals surface area (Å²) < 4.78 is 0. The molecule has 0 aliphatic carbocycles. The van der Waals surface area contributed by atoms with Gasteiger partial charge in [-0.2, -0.15) is 0 Å². The van der Waals surface area contributed by atoms with Crippen molar-refractivity contribution in [2.45, 2.75) is 59.4 Å². The van der Waals surface area contributed by atoms with Gasteiger partial charge in [0.15, 0.2) is 5.13 Å². The summed E-state index contributed by atoms with van der Waals surface area (Å²) in [5.74, 6) is 0.170. The minimum Gasteiger partial charge on any atom is -0.342 e. The van der Waals surface area contributed by atoms with Crippen molar-refractivity contribution in [2.24, 2.45) is 11.3 Å². The highest BCUT2D eigenvalue weighted by atomic mass is 32.1. The molecule has 2 fully saturated rings. The third-order valence-electron chi connectivity index (χ3n) is 5.41. The average molecular weight is 393 g/mol. The van der Waals surface area contributed by atoms with Crippen molar-refractivity contribution >= 4 is 28.3 Å². The van der Waals surface area contributed by atoms with Crippen LogP contribution in [0.2, 0.25) is 0 Å². The molecule has 27 heavy (non-hydrogen) atoms. The quantitative estimate of drug-likeness (QED) is 0.853. The van der Waals surface area contributed by atoms with Gasteiger partial charge in [0, 0.05) is 36.3 Å². The van der Waals surface area contributed by atoms with E-state index >= 15 is 0 Å². The van der Waals surface area contributed by atoms with Crippen LogP contribution in [-0.4, -0.2) is 52.8 Å². The summed E-state index contributed by atoms with van der Waals surface area (Å²) >= 11 is 1.51. The molecule has 3 rings (SSSR count). The topological polar surface area (TPSA) is 65.5 Å². The molecule has 1 aromatic rings. The Balaban J connectivity index is 1.46. The van der Waals surface area contributed by atoms with E-state index in [2.05, 4.69) is 20.6 Å². The predicted octanol–water partition coefficient (Wildman–Crippen LogP) is 3.35. The van der Waals surface area contributed by atoms with Crippen LogP contribution in [0.3, 0.4) is 0 Å². The normalized spacial score (nSPS) is 19.9. The van der Waals surface area contributed by atoms with Gasteiger partial charge in [0.25, 0.3) is 0 Å². The van der Waals surface area contributed by atoms with Crippen LogP contribution in [0, 0.1) is 11.3 Å². The fourth-order valence-corrected chi connectivity index (χ4v) is 4.51. The first kappa shape index (κ1) is 20.3. The Morgan fingerprint density at radius 1 is 1.15 bits per heavy atom. The lowest BCUT2D eigenvalue weighted by molar-refractivity contribution is -0.142. The molecule has 0 bridgehead atoms. The molecule has 0 unspecified atom stereocenters. The Kier molecular flexibility index (Phi) is 6.52. The summed E-state index contributed by atoms with van der Waals surface area (Å²) in [6, 6.07) is 0. The highest BCUT2D eigenvalue weighted by molar-refractivity contribution is 7.13. The highest BCUT2D eigenvalue weighted by Crippen LogP contribution is 2.25. The Morgan fingerprint density at radius 2 is 1.81 bits per heavy atom. The van der Waals surface area contributed by atoms with Crippen LogP contribution in [0.15, 0.2) is 5.38 Å². The Labute approximate surface area is 166 Å². The Bertz CT molecular complexity index is 653. The number of nitrogens with one attached hydrogen (secondary N) is 1. The van der Waals surface area contributed by atoms with Crippen LogP contribution in [0.5, 0.6) is 0 Å². The Hall–Kier alpha value is -1.47. The lowest BCUT2D eigenvalue weighted by Gasteiger charge is -2.35. The monoisotopic (exact) mass is 392 g/mol. The van der Waals surface area contributed by atoms with Crippen molar-refractivity contribution in [2.75, 3.05) is 31.5 Å². The number of nitrogens with zero attached hydrogens (tertiary/aromatic N) is 3. The van der Waals surface area contributed by atoms with E-state index in [9.17, 15) is 9.59 Å². The van der Waals surface area contributed by atoms with E-state index in [1.54, 1.807) is 0 Å². The van der Waals surface area contributed by atoms with Crippen LogP contribution in [0.4, 0.5) is 5.13 Å². The number of rotatable bonds is 4. The van der Waals surface area contributed by atoms with Gasteiger partial charge in [0.1, 0.15) is 0 Å². The molecule has 2 amide bonds. The fourth-order valence-electron chi connectivity index (χ4n) is 3.81. The van der Waals surface area contributed by atoms with E-state index in [-0.39, 0.29) is 23.1 Å². The maximum Gasteiger partial charge on any atom is 0.229 e. The molecule has 1 N–H and O–H groups in total. The first-order valence-corrected chi connectivity index (χ1v) is 11.0. The molecule has 2 aliphatic rings. The molecule has 0 aromatic carbocycles. The van der Waals surface area contributed by atoms with Crippen molar-refractivity contribution in [1.82, 2.24) is 14.8 Å². The fraction of sp³-hybridized carbons (Fsp3) is 0.750. The van der Waals surface area contributed by atoms with Crippen LogP contribution in [0.25, 0.3) is 0 Å². The lowest BCUT2D eigenvalue weighted by Crippen LogP contribution is -2.45. The van der Waals surface area contributed by atoms with Crippen LogP contribution in [-0.2, 0) is 16.1 Å². The summed E-state index contributed by atoms with van der Waals surface area (Å²) in [7, 11) is 0. The van der Waals surface area contributed by atoms with Gasteiger partial charge >= 0.3 is 0 Å². The minimum atomic E-state index is -0.360. The first-order chi connectivity index (χ1) is 12.8. The second kappa shape index (κ2) is 8.69. The van der Waals surface area contributed by atoms with E-state index in [0.29, 0.717) is 18.2 Å². The van der Waals surface area contributed by atoms with E-state index in [1.165, 1.54) is 30.6 Å². The maximum absolute atomic E-state index is 12.6. The number of piperidine rings is 2. The summed E-state index contributed by atoms with van der Waals surface area (Å²) in [5.41, 5.74) is 0.684. The molecule has 0 atom stereocenters. The molecule has 0 saturated carbocycles. The summed E-state index contributed by atoms with van der Waals surface area (Å²) in [6.07, 6.45) is 5.31. The van der Waals surface area contributed by atoms with Gasteiger partial charge in [0.2, 0.25) is 11.8 Å². The Morgan fingerprint density at radius 3 is 2.44 bits per heavy atom. The molecule has 0 radical (unpaired) electrons. The third kappa shape index (κ3) is 5.51. The number of hydrogen-bond donors (Lipinski definition) is 1. The van der Waals surface area contributed by atoms with Crippen LogP contribution < -0.4 is 5.32 Å². The zero-order valence-electron chi connectivity index (χ0n) is 16.8. The zero-order valence-corrected chi connectivity index (χ0v) is 17.6. The molecule has 150 valence electrons. The van der Waals surface area contributed by atoms with Gasteiger partial charge in [-0.3, -0.25) is 14.5 Å². The number of amides is 2. The molecule has 1 aromatic heterocycles. The number of aromatic nitrogens is 1. The second-order valence-electron chi connectivity index (χ2n) is 8.79. The lowest BCUT2D eigenvalue weighted by atomic mass is 9.91. The molecular weight excluding hydrogens is 360 g/mol. The largest absolute Gasteiger partial charge is 0.342 e. The number of likely N-dealkylation sites (tertiary alicyclic amines) is 2. The van der Waals surface area contributed by atoms with Crippen molar-refractivity contribution in [3.8, 4) is 0 Å². The second-order valence-corrected chi connectivity index (χ2v) is 9.64. The molecule has 3 heterocycles. The minimum absolute atomic E-state index is 0.0385. The summed E-state index contributed by atoms with van der Waals surface area (Å²) in [6.45, 7) is 10.3. The first-order valence-electron chi connectivity index (χ1n) is 10.1. The molecule has 7 heteroatoms. The molecule has 2 saturated heterocycles. The van der Waals surface area contributed by atoms with E-state index < -0.39 is 0 Å². The van der Waals surface area contributed by atoms with Crippen molar-refractivity contribution in [3.05, 3.63) is 11.1 Å². The van der Waals surface area contributed by atoms with E-state index in [0.717, 1.165) is 38.2 Å². The van der Waals surface area contributed by atoms with Crippen molar-refractivity contribution in [1.29, 1.82) is 0 Å². The highest BCUT2D eigenvalue weighted by Gasteiger charge is 2.32. The maximum atomic E-state index is 12.6. The predicted molar refractivity (Wildman–Crippen MR) is 109 cm³/mol. The van der Waals surface area contributed by atoms with Gasteiger partial charge in [0.05, 0.1) is 5.69 Å². The van der Waals surface area contributed by atoms with Crippen LogP contribution >= 0.6 is 11.3 Å². The number of thiazole rings is 1. The van der Waals surface area contributed by atoms with Gasteiger partial charge in [-0.25, -0.2) is 4.98 Å². The van der Waals surface area contributed by atoms with Gasteiger partial charge in [-0.1, -0.05) is 27.2 Å². The number of hydrogen-bond acceptors (Lipinski definition) is 5. The third-order valence-corrected chi connectivity index (χ3v) is 6.22. The van der Waals surface area contributed by atoms with Crippen molar-refractivity contribution < 1.29 is 9.59 Å². The SMILES string of the molecule is CC(C)(C)C(=O)N1CCC(C(=O)Nc2nc(CN3CCCCC3)cs2)CC1. The van der Waals surface area contributed by atoms with E-state index in [4.69, 9.17) is 0 Å². The molecular formula is C20H32N4O2S. The summed E-state index contributed by atoms with van der Waals surface area (Å²) in [4.78, 5) is 33.9. The molecule has 2 aliphatic heterocycles. The van der Waals surface area contributed by atoms with Gasteiger partial charge < -0.3 is 10.2 Å². The average Bonchev–Trinajstić information content (AvgIpc) is 3.08. The zero-order chi connectivity index (χ0) is 19.4. The summed E-state index contributed by atoms with van der Waals surface area (Å²) in [5, 5.41) is 5.74. The number of carbonyl (C=O) groups is 2. The van der Waals surface area contributed by atoms with Gasteiger partial charge in [-0.05, 0) is 38.8 Å². The van der Waals surface area contributed by atoms with Crippen molar-refractivity contribution in [3.63, 3.8) is 0 Å². The molecule has 6 nitrogen and oxygen atoms in total. The number of carbonyl (C=O) groups excluding carboxylic acids is 2. The van der Waals surface area contributed by atoms with Gasteiger partial charge in [-0.15, -0.1) is 11.3 Å². The van der Waals surface area contributed by atoms with E-state index in [1.807, 2.05) is 25.7 Å². The van der Waals surface area contributed by atoms with Crippen LogP contribution in [0.1, 0.15) is 58.6 Å². The smallest absolute Gasteiger partial charge is 0.229 e. The number of anilines is 1. The standard InChI is InChI=1S/C20H32N4O2S/c1-20(2,3)18(26)24-11-7-15(8-12-24)17(25)22-19-21-16(14-27-19)13-23-9-5-4-6-10-23/h14-15H,4-13H2,1-3H3,(H,21,22,25). The molecule has 0 spiro atoms.